The van der Waals surface area contributed by atoms with E-state index < -0.39 is 18.1 Å². The fraction of sp³-hybridized carbons (Fsp3) is 0.395. The molecule has 2 saturated heterocycles. The molecule has 0 saturated carbocycles. The van der Waals surface area contributed by atoms with Gasteiger partial charge in [0, 0.05) is 42.6 Å². The van der Waals surface area contributed by atoms with Crippen LogP contribution in [-0.2, 0) is 23.9 Å². The summed E-state index contributed by atoms with van der Waals surface area (Å²) < 4.78 is 9.65. The number of methoxy groups -OCH3 is 2. The van der Waals surface area contributed by atoms with Gasteiger partial charge in [-0.15, -0.1) is 0 Å². The molecule has 1 aromatic heterocycles. The number of aromatic amines is 1. The highest BCUT2D eigenvalue weighted by Crippen LogP contribution is 2.35. The molecular weight excluding hydrogens is 697 g/mol. The number of imidazole rings is 1. The van der Waals surface area contributed by atoms with E-state index in [4.69, 9.17) is 9.47 Å². The van der Waals surface area contributed by atoms with Gasteiger partial charge in [-0.05, 0) is 66.7 Å². The van der Waals surface area contributed by atoms with Gasteiger partial charge in [0.05, 0.1) is 50.5 Å². The van der Waals surface area contributed by atoms with Crippen molar-refractivity contribution in [1.29, 1.82) is 0 Å². The van der Waals surface area contributed by atoms with Crippen LogP contribution >= 0.6 is 0 Å². The molecule has 3 aromatic rings. The first kappa shape index (κ1) is 38.6. The van der Waals surface area contributed by atoms with Gasteiger partial charge in [-0.25, -0.2) is 9.78 Å². The molecule has 0 bridgehead atoms. The van der Waals surface area contributed by atoms with Crippen LogP contribution in [0.4, 0.5) is 4.79 Å². The molecular formula is C43H46N6O6. The molecule has 3 amide bonds. The van der Waals surface area contributed by atoms with Gasteiger partial charge in [0.2, 0.25) is 11.8 Å². The molecule has 0 spiro atoms. The molecule has 0 aliphatic carbocycles. The van der Waals surface area contributed by atoms with Crippen molar-refractivity contribution in [3.8, 4) is 34.9 Å². The van der Waals surface area contributed by atoms with Gasteiger partial charge in [0.15, 0.2) is 0 Å². The van der Waals surface area contributed by atoms with E-state index in [0.717, 1.165) is 59.6 Å². The Kier molecular flexibility index (Phi) is 12.5. The van der Waals surface area contributed by atoms with Gasteiger partial charge in [0.25, 0.3) is 0 Å². The minimum absolute atomic E-state index is 0.00000709. The number of nitrogens with one attached hydrogen (secondary N) is 2. The minimum Gasteiger partial charge on any atom is -0.469 e. The van der Waals surface area contributed by atoms with Crippen LogP contribution in [0, 0.1) is 35.5 Å². The van der Waals surface area contributed by atoms with Gasteiger partial charge in [-0.3, -0.25) is 19.4 Å². The summed E-state index contributed by atoms with van der Waals surface area (Å²) in [5.41, 5.74) is 4.96. The average Bonchev–Trinajstić information content (AvgIpc) is 4.04. The van der Waals surface area contributed by atoms with Crippen LogP contribution in [0.5, 0.6) is 0 Å². The second kappa shape index (κ2) is 17.8. The average molecular weight is 743 g/mol. The molecule has 0 radical (unpaired) electrons. The lowest BCUT2D eigenvalue weighted by Gasteiger charge is -2.29. The Morgan fingerprint density at radius 2 is 1.58 bits per heavy atom. The fourth-order valence-electron chi connectivity index (χ4n) is 7.38. The highest BCUT2D eigenvalue weighted by Gasteiger charge is 2.39. The summed E-state index contributed by atoms with van der Waals surface area (Å²) in [5.74, 6) is 11.8. The number of likely N-dealkylation sites (tertiary alicyclic amines) is 2. The highest BCUT2D eigenvalue weighted by atomic mass is 16.5. The maximum atomic E-state index is 13.8. The molecule has 3 aliphatic rings. The molecule has 6 rings (SSSR count). The number of nitrogens with zero attached hydrogens (tertiary/aromatic N) is 4. The minimum atomic E-state index is -0.867. The van der Waals surface area contributed by atoms with E-state index in [1.54, 1.807) is 17.3 Å². The summed E-state index contributed by atoms with van der Waals surface area (Å²) in [6, 6.07) is 15.7. The third-order valence-electron chi connectivity index (χ3n) is 10.4. The van der Waals surface area contributed by atoms with Gasteiger partial charge < -0.3 is 29.6 Å². The summed E-state index contributed by atoms with van der Waals surface area (Å²) in [7, 11) is 2.62. The van der Waals surface area contributed by atoms with Crippen molar-refractivity contribution >= 4 is 29.6 Å². The molecule has 55 heavy (non-hydrogen) atoms. The Balaban J connectivity index is 1.04. The maximum Gasteiger partial charge on any atom is 0.407 e. The van der Waals surface area contributed by atoms with E-state index in [-0.39, 0.29) is 42.2 Å². The number of amides is 3. The predicted molar refractivity (Wildman–Crippen MR) is 207 cm³/mol. The third kappa shape index (κ3) is 9.15. The summed E-state index contributed by atoms with van der Waals surface area (Å²) >= 11 is 0. The van der Waals surface area contributed by atoms with Crippen LogP contribution in [0.3, 0.4) is 0 Å². The zero-order chi connectivity index (χ0) is 38.9. The van der Waals surface area contributed by atoms with Crippen LogP contribution in [0.25, 0.3) is 11.3 Å². The van der Waals surface area contributed by atoms with E-state index >= 15 is 0 Å². The van der Waals surface area contributed by atoms with Crippen molar-refractivity contribution in [2.45, 2.75) is 70.5 Å². The summed E-state index contributed by atoms with van der Waals surface area (Å²) in [6.07, 6.45) is 6.73. The van der Waals surface area contributed by atoms with E-state index in [1.807, 2.05) is 73.3 Å². The van der Waals surface area contributed by atoms with Crippen molar-refractivity contribution < 1.29 is 28.7 Å². The van der Waals surface area contributed by atoms with Crippen molar-refractivity contribution in [2.24, 2.45) is 16.8 Å². The molecule has 12 nitrogen and oxygen atoms in total. The number of aromatic nitrogens is 2. The summed E-state index contributed by atoms with van der Waals surface area (Å²) in [4.78, 5) is 67.8. The van der Waals surface area contributed by atoms with Gasteiger partial charge in [0.1, 0.15) is 11.9 Å². The number of carbonyl (C=O) groups is 4. The van der Waals surface area contributed by atoms with Crippen molar-refractivity contribution in [3.05, 3.63) is 89.5 Å². The van der Waals surface area contributed by atoms with Gasteiger partial charge in [-0.2, -0.15) is 0 Å². The van der Waals surface area contributed by atoms with Crippen LogP contribution < -0.4 is 5.32 Å². The van der Waals surface area contributed by atoms with Crippen LogP contribution in [0.1, 0.15) is 81.4 Å². The lowest BCUT2D eigenvalue weighted by molar-refractivity contribution is -0.148. The Labute approximate surface area is 321 Å². The largest absolute Gasteiger partial charge is 0.469 e. The smallest absolute Gasteiger partial charge is 0.407 e. The lowest BCUT2D eigenvalue weighted by atomic mass is 9.91. The highest BCUT2D eigenvalue weighted by molar-refractivity contribution is 5.99. The Morgan fingerprint density at radius 3 is 2.27 bits per heavy atom. The summed E-state index contributed by atoms with van der Waals surface area (Å²) in [6.45, 7) is 5.10. The number of H-pyrrole nitrogens is 1. The second-order valence-electron chi connectivity index (χ2n) is 14.2. The molecule has 2 fully saturated rings. The van der Waals surface area contributed by atoms with Gasteiger partial charge in [-0.1, -0.05) is 68.2 Å². The number of carbonyl (C=O) groups excluding carboxylic acids is 4. The SMILES string of the molecule is COC(=O)C[C@H](C(=O)N1CCC[C@H]1c1ncc(-c2ccc(C#CC#CC3=CN=C([C@@H]4CCCN4C(=O)[C@H](NC(=O)OC)c4ccccc4)C3)cc2)[nH]1)C(C)C. The fourth-order valence-corrected chi connectivity index (χ4v) is 7.38. The van der Waals surface area contributed by atoms with E-state index in [9.17, 15) is 19.2 Å². The maximum absolute atomic E-state index is 13.8. The number of allylic oxidation sites excluding steroid dienone is 1. The van der Waals surface area contributed by atoms with E-state index in [2.05, 4.69) is 44.0 Å². The van der Waals surface area contributed by atoms with E-state index in [1.165, 1.54) is 14.2 Å². The number of hydrogen-bond donors (Lipinski definition) is 2. The van der Waals surface area contributed by atoms with Crippen LogP contribution in [0.15, 0.2) is 77.6 Å². The number of rotatable bonds is 10. The number of alkyl carbamates (subject to hydrolysis) is 1. The van der Waals surface area contributed by atoms with E-state index in [0.29, 0.717) is 25.1 Å². The number of esters is 1. The number of aliphatic imine (C=N–C) groups is 1. The number of benzene rings is 2. The monoisotopic (exact) mass is 742 g/mol. The van der Waals surface area contributed by atoms with Gasteiger partial charge >= 0.3 is 12.1 Å². The molecule has 2 N–H and O–H groups in total. The molecule has 0 unspecified atom stereocenters. The summed E-state index contributed by atoms with van der Waals surface area (Å²) in [5, 5.41) is 2.70. The normalized spacial score (nSPS) is 18.6. The number of ether oxygens (including phenoxy) is 2. The molecule has 2 aromatic carbocycles. The standard InChI is InChI=1S/C43H46N6O6/c1-28(2)33(25-38(50)54-3)41(51)49-23-11-17-37(49)40-45-27-35(46-40)31-20-18-29(19-21-31)12-8-9-13-30-24-34(44-26-30)36-16-10-22-48(36)42(52)39(47-43(53)55-4)32-14-6-5-7-15-32/h5-7,14-15,18-21,26-28,33,36-37,39H,10-11,16-17,22-25H2,1-4H3,(H,45,46)(H,47,53)/t33-,36-,37-,39+/m0/s1. The topological polar surface area (TPSA) is 146 Å². The second-order valence-corrected chi connectivity index (χ2v) is 14.2. The zero-order valence-corrected chi connectivity index (χ0v) is 31.6. The quantitative estimate of drug-likeness (QED) is 0.199. The molecule has 284 valence electrons. The Morgan fingerprint density at radius 1 is 0.891 bits per heavy atom. The first-order valence-corrected chi connectivity index (χ1v) is 18.7. The van der Waals surface area contributed by atoms with Crippen molar-refractivity contribution in [3.63, 3.8) is 0 Å². The lowest BCUT2D eigenvalue weighted by Crippen LogP contribution is -2.47. The number of hydrogen-bond acceptors (Lipinski definition) is 8. The first-order chi connectivity index (χ1) is 26.7. The zero-order valence-electron chi connectivity index (χ0n) is 31.6. The van der Waals surface area contributed by atoms with Crippen LogP contribution in [0.2, 0.25) is 0 Å². The predicted octanol–water partition coefficient (Wildman–Crippen LogP) is 5.75. The first-order valence-electron chi connectivity index (χ1n) is 18.7. The Bertz CT molecular complexity index is 2080. The van der Waals surface area contributed by atoms with Crippen LogP contribution in [-0.4, -0.2) is 82.7 Å². The third-order valence-corrected chi connectivity index (χ3v) is 10.4. The molecule has 12 heteroatoms. The van der Waals surface area contributed by atoms with Crippen molar-refractivity contribution in [2.75, 3.05) is 27.3 Å². The Hall–Kier alpha value is -6.14. The molecule has 4 heterocycles. The molecule has 3 aliphatic heterocycles. The molecule has 4 atom stereocenters. The van der Waals surface area contributed by atoms with Crippen molar-refractivity contribution in [1.82, 2.24) is 25.1 Å².